The summed E-state index contributed by atoms with van der Waals surface area (Å²) in [6.45, 7) is 0.0994. The molecule has 2 heterocycles. The minimum Gasteiger partial charge on any atom is -0.501 e. The molecule has 7 nitrogen and oxygen atoms in total. The van der Waals surface area contributed by atoms with Crippen LogP contribution in [0.15, 0.2) is 48.7 Å². The summed E-state index contributed by atoms with van der Waals surface area (Å²) in [5.41, 5.74) is 0.623. The summed E-state index contributed by atoms with van der Waals surface area (Å²) in [5.74, 6) is -2.54. The van der Waals surface area contributed by atoms with E-state index >= 15 is 0 Å². The first kappa shape index (κ1) is 16.3. The van der Waals surface area contributed by atoms with E-state index in [1.807, 2.05) is 0 Å². The molecule has 0 unspecified atom stereocenters. The molecule has 126 valence electrons. The fourth-order valence-corrected chi connectivity index (χ4v) is 2.08. The molecule has 0 aliphatic heterocycles. The third kappa shape index (κ3) is 3.69. The van der Waals surface area contributed by atoms with Gasteiger partial charge in [-0.05, 0) is 29.8 Å². The van der Waals surface area contributed by atoms with Gasteiger partial charge < -0.3 is 15.5 Å². The summed E-state index contributed by atoms with van der Waals surface area (Å²) >= 11 is 0. The first-order chi connectivity index (χ1) is 12.0. The number of carbonyl (C=O) groups is 1. The van der Waals surface area contributed by atoms with Crippen molar-refractivity contribution in [3.63, 3.8) is 0 Å². The van der Waals surface area contributed by atoms with Gasteiger partial charge in [0, 0.05) is 12.7 Å². The molecule has 0 bridgehead atoms. The number of aromatic hydroxyl groups is 2. The van der Waals surface area contributed by atoms with Gasteiger partial charge in [-0.3, -0.25) is 9.78 Å². The van der Waals surface area contributed by atoms with E-state index < -0.39 is 17.5 Å². The second-order valence-electron chi connectivity index (χ2n) is 5.09. The van der Waals surface area contributed by atoms with Crippen molar-refractivity contribution in [2.75, 3.05) is 0 Å². The van der Waals surface area contributed by atoms with Crippen LogP contribution in [0.4, 0.5) is 4.39 Å². The van der Waals surface area contributed by atoms with Crippen LogP contribution in [0, 0.1) is 5.82 Å². The monoisotopic (exact) mass is 340 g/mol. The Morgan fingerprint density at radius 3 is 2.52 bits per heavy atom. The lowest BCUT2D eigenvalue weighted by atomic mass is 10.2. The van der Waals surface area contributed by atoms with E-state index in [9.17, 15) is 19.4 Å². The van der Waals surface area contributed by atoms with Crippen LogP contribution in [0.5, 0.6) is 11.6 Å². The van der Waals surface area contributed by atoms with E-state index in [-0.39, 0.29) is 23.9 Å². The zero-order valence-corrected chi connectivity index (χ0v) is 12.8. The van der Waals surface area contributed by atoms with E-state index in [4.69, 9.17) is 0 Å². The molecular formula is C17H13FN4O3. The molecule has 0 radical (unpaired) electrons. The summed E-state index contributed by atoms with van der Waals surface area (Å²) in [6, 6.07) is 10.6. The summed E-state index contributed by atoms with van der Waals surface area (Å²) in [5, 5.41) is 22.2. The molecule has 0 aliphatic carbocycles. The van der Waals surface area contributed by atoms with Gasteiger partial charge in [0.15, 0.2) is 11.5 Å². The van der Waals surface area contributed by atoms with Gasteiger partial charge in [0.2, 0.25) is 5.75 Å². The molecule has 1 amide bonds. The molecule has 0 fully saturated rings. The van der Waals surface area contributed by atoms with Gasteiger partial charge in [-0.1, -0.05) is 18.2 Å². The zero-order valence-electron chi connectivity index (χ0n) is 12.8. The number of halogens is 1. The van der Waals surface area contributed by atoms with Gasteiger partial charge in [0.25, 0.3) is 11.8 Å². The Bertz CT molecular complexity index is 902. The number of hydrogen-bond donors (Lipinski definition) is 3. The molecule has 25 heavy (non-hydrogen) atoms. The van der Waals surface area contributed by atoms with Crippen LogP contribution >= 0.6 is 0 Å². The topological polar surface area (TPSA) is 108 Å². The van der Waals surface area contributed by atoms with Crippen LogP contribution in [0.1, 0.15) is 16.1 Å². The van der Waals surface area contributed by atoms with Crippen LogP contribution in [-0.4, -0.2) is 31.1 Å². The van der Waals surface area contributed by atoms with Crippen molar-refractivity contribution in [3.8, 4) is 23.1 Å². The summed E-state index contributed by atoms with van der Waals surface area (Å²) < 4.78 is 12.9. The summed E-state index contributed by atoms with van der Waals surface area (Å²) in [7, 11) is 0. The minimum atomic E-state index is -0.726. The van der Waals surface area contributed by atoms with Crippen molar-refractivity contribution in [2.24, 2.45) is 0 Å². The molecule has 8 heteroatoms. The lowest BCUT2D eigenvalue weighted by Crippen LogP contribution is -2.24. The van der Waals surface area contributed by atoms with Gasteiger partial charge in [-0.2, -0.15) is 4.98 Å². The number of hydrogen-bond acceptors (Lipinski definition) is 6. The fourth-order valence-electron chi connectivity index (χ4n) is 2.08. The third-order valence-corrected chi connectivity index (χ3v) is 3.34. The van der Waals surface area contributed by atoms with Crippen LogP contribution in [0.3, 0.4) is 0 Å². The Morgan fingerprint density at radius 2 is 1.84 bits per heavy atom. The van der Waals surface area contributed by atoms with Gasteiger partial charge in [0.05, 0.1) is 0 Å². The SMILES string of the molecule is O=C(NCc1ccc(F)cc1)c1nc(-c2ccccn2)nc(O)c1O. The average molecular weight is 340 g/mol. The molecular weight excluding hydrogens is 327 g/mol. The quantitative estimate of drug-likeness (QED) is 0.670. The van der Waals surface area contributed by atoms with Crippen molar-refractivity contribution in [2.45, 2.75) is 6.54 Å². The van der Waals surface area contributed by atoms with E-state index in [0.29, 0.717) is 11.3 Å². The van der Waals surface area contributed by atoms with Crippen molar-refractivity contribution >= 4 is 5.91 Å². The normalized spacial score (nSPS) is 10.4. The third-order valence-electron chi connectivity index (χ3n) is 3.34. The summed E-state index contributed by atoms with van der Waals surface area (Å²) in [4.78, 5) is 24.0. The molecule has 3 aromatic rings. The highest BCUT2D eigenvalue weighted by Crippen LogP contribution is 2.28. The Labute approximate surface area is 141 Å². The largest absolute Gasteiger partial charge is 0.501 e. The first-order valence-corrected chi connectivity index (χ1v) is 7.28. The summed E-state index contributed by atoms with van der Waals surface area (Å²) in [6.07, 6.45) is 1.51. The molecule has 3 N–H and O–H groups in total. The van der Waals surface area contributed by atoms with Crippen molar-refractivity contribution < 1.29 is 19.4 Å². The maximum absolute atomic E-state index is 12.9. The molecule has 0 spiro atoms. The number of amides is 1. The van der Waals surface area contributed by atoms with E-state index in [1.165, 1.54) is 30.5 Å². The maximum atomic E-state index is 12.9. The number of benzene rings is 1. The van der Waals surface area contributed by atoms with Crippen molar-refractivity contribution in [3.05, 3.63) is 65.7 Å². The lowest BCUT2D eigenvalue weighted by molar-refractivity contribution is 0.0942. The lowest BCUT2D eigenvalue weighted by Gasteiger charge is -2.09. The molecule has 0 saturated carbocycles. The molecule has 1 aromatic carbocycles. The van der Waals surface area contributed by atoms with Gasteiger partial charge in [-0.25, -0.2) is 9.37 Å². The molecule has 0 saturated heterocycles. The highest BCUT2D eigenvalue weighted by Gasteiger charge is 2.20. The average Bonchev–Trinajstić information content (AvgIpc) is 2.64. The minimum absolute atomic E-state index is 0.00262. The van der Waals surface area contributed by atoms with Gasteiger partial charge in [-0.15, -0.1) is 0 Å². The van der Waals surface area contributed by atoms with Crippen molar-refractivity contribution in [1.82, 2.24) is 20.3 Å². The van der Waals surface area contributed by atoms with Crippen LogP contribution in [0.25, 0.3) is 11.5 Å². The molecule has 0 atom stereocenters. The van der Waals surface area contributed by atoms with Crippen LogP contribution < -0.4 is 5.32 Å². The Kier molecular flexibility index (Phi) is 4.51. The van der Waals surface area contributed by atoms with Crippen LogP contribution in [0.2, 0.25) is 0 Å². The molecule has 2 aromatic heterocycles. The number of pyridine rings is 1. The smallest absolute Gasteiger partial charge is 0.274 e. The standard InChI is InChI=1S/C17H13FN4O3/c18-11-6-4-10(5-7-11)9-20-16(24)13-14(23)17(25)22-15(21-13)12-3-1-2-8-19-12/h1-8,23H,9H2,(H,20,24)(H,21,22,25). The Hall–Kier alpha value is -3.55. The second kappa shape index (κ2) is 6.91. The predicted molar refractivity (Wildman–Crippen MR) is 86.2 cm³/mol. The fraction of sp³-hybridized carbons (Fsp3) is 0.0588. The second-order valence-corrected chi connectivity index (χ2v) is 5.09. The number of nitrogens with zero attached hydrogens (tertiary/aromatic N) is 3. The molecule has 3 rings (SSSR count). The zero-order chi connectivity index (χ0) is 17.8. The number of rotatable bonds is 4. The predicted octanol–water partition coefficient (Wildman–Crippen LogP) is 2.02. The van der Waals surface area contributed by atoms with E-state index in [0.717, 1.165) is 0 Å². The van der Waals surface area contributed by atoms with Crippen LogP contribution in [-0.2, 0) is 6.54 Å². The maximum Gasteiger partial charge on any atom is 0.274 e. The first-order valence-electron chi connectivity index (χ1n) is 7.28. The van der Waals surface area contributed by atoms with Crippen molar-refractivity contribution in [1.29, 1.82) is 0 Å². The number of aromatic nitrogens is 3. The highest BCUT2D eigenvalue weighted by atomic mass is 19.1. The Morgan fingerprint density at radius 1 is 1.08 bits per heavy atom. The van der Waals surface area contributed by atoms with Gasteiger partial charge in [0.1, 0.15) is 11.5 Å². The Balaban J connectivity index is 1.84. The highest BCUT2D eigenvalue weighted by molar-refractivity contribution is 5.95. The number of carbonyl (C=O) groups excluding carboxylic acids is 1. The number of nitrogens with one attached hydrogen (secondary N) is 1. The van der Waals surface area contributed by atoms with Gasteiger partial charge >= 0.3 is 0 Å². The van der Waals surface area contributed by atoms with E-state index in [2.05, 4.69) is 20.3 Å². The molecule has 0 aliphatic rings. The van der Waals surface area contributed by atoms with E-state index in [1.54, 1.807) is 18.2 Å².